The Kier molecular flexibility index (Phi) is 13.7. The first kappa shape index (κ1) is 38.9. The van der Waals surface area contributed by atoms with Gasteiger partial charge in [-0.25, -0.2) is 8.78 Å². The number of carboxylic acids is 2. The molecule has 6 rings (SSSR count). The third kappa shape index (κ3) is 11.9. The van der Waals surface area contributed by atoms with Gasteiger partial charge in [0.25, 0.3) is 0 Å². The number of aliphatic carboxylic acids is 2. The fourth-order valence-corrected chi connectivity index (χ4v) is 5.72. The maximum Gasteiger partial charge on any atom is 0.303 e. The molecular weight excluding hydrogens is 686 g/mol. The Morgan fingerprint density at radius 1 is 0.500 bits per heavy atom. The average Bonchev–Trinajstić information content (AvgIpc) is 3.16. The Balaban J connectivity index is 0.000000208. The highest BCUT2D eigenvalue weighted by atomic mass is 19.1. The van der Waals surface area contributed by atoms with E-state index in [4.69, 9.17) is 19.7 Å². The topological polar surface area (TPSA) is 93.1 Å². The van der Waals surface area contributed by atoms with E-state index in [-0.39, 0.29) is 37.7 Å². The summed E-state index contributed by atoms with van der Waals surface area (Å²) in [6.45, 7) is 4.54. The van der Waals surface area contributed by atoms with E-state index in [9.17, 15) is 18.4 Å². The van der Waals surface area contributed by atoms with E-state index in [2.05, 4.69) is 0 Å². The second kappa shape index (κ2) is 19.0. The van der Waals surface area contributed by atoms with Gasteiger partial charge in [0.2, 0.25) is 0 Å². The largest absolute Gasteiger partial charge is 0.489 e. The Hall–Kier alpha value is -6.28. The summed E-state index contributed by atoms with van der Waals surface area (Å²) in [5.41, 5.74) is 9.67. The third-order valence-electron chi connectivity index (χ3n) is 8.75. The molecule has 0 bridgehead atoms. The number of hydrogen-bond donors (Lipinski definition) is 2. The summed E-state index contributed by atoms with van der Waals surface area (Å²) in [4.78, 5) is 21.3. The zero-order chi connectivity index (χ0) is 38.5. The normalized spacial score (nSPS) is 10.6. The molecule has 0 saturated heterocycles. The lowest BCUT2D eigenvalue weighted by molar-refractivity contribution is -0.138. The fraction of sp³-hybridized carbons (Fsp3) is 0.174. The highest BCUT2D eigenvalue weighted by Gasteiger charge is 2.10. The molecule has 276 valence electrons. The Labute approximate surface area is 314 Å². The molecule has 0 aromatic heterocycles. The van der Waals surface area contributed by atoms with Gasteiger partial charge in [-0.1, -0.05) is 96.1 Å². The summed E-state index contributed by atoms with van der Waals surface area (Å²) in [5.74, 6) is -0.904. The first-order chi connectivity index (χ1) is 26.0. The van der Waals surface area contributed by atoms with E-state index in [1.165, 1.54) is 35.4 Å². The van der Waals surface area contributed by atoms with E-state index in [1.54, 1.807) is 12.1 Å². The average molecular weight is 729 g/mol. The van der Waals surface area contributed by atoms with Crippen LogP contribution in [0.25, 0.3) is 22.3 Å². The smallest absolute Gasteiger partial charge is 0.303 e. The standard InChI is InChI=1S/2C23H21FO3/c2*1-16-2-7-18(8-3-16)22-12-9-20(24)14-19(22)15-27-21-10-4-17(5-11-21)6-13-23(25)26/h2*2-5,7-12,14H,6,13,15H2,1H3,(H,25,26). The van der Waals surface area contributed by atoms with Crippen molar-refractivity contribution in [1.82, 2.24) is 0 Å². The van der Waals surface area contributed by atoms with Crippen LogP contribution in [0, 0.1) is 25.5 Å². The van der Waals surface area contributed by atoms with Gasteiger partial charge in [-0.3, -0.25) is 9.59 Å². The van der Waals surface area contributed by atoms with Crippen molar-refractivity contribution in [2.24, 2.45) is 0 Å². The highest BCUT2D eigenvalue weighted by Crippen LogP contribution is 2.28. The Bertz CT molecular complexity index is 1990. The summed E-state index contributed by atoms with van der Waals surface area (Å²) >= 11 is 0. The molecule has 6 nitrogen and oxygen atoms in total. The second-order valence-corrected chi connectivity index (χ2v) is 13.0. The maximum atomic E-state index is 13.8. The monoisotopic (exact) mass is 728 g/mol. The van der Waals surface area contributed by atoms with Crippen molar-refractivity contribution in [3.63, 3.8) is 0 Å². The third-order valence-corrected chi connectivity index (χ3v) is 8.75. The zero-order valence-corrected chi connectivity index (χ0v) is 30.2. The number of halogens is 2. The van der Waals surface area contributed by atoms with E-state index in [1.807, 2.05) is 111 Å². The lowest BCUT2D eigenvalue weighted by atomic mass is 9.99. The van der Waals surface area contributed by atoms with Crippen molar-refractivity contribution in [1.29, 1.82) is 0 Å². The summed E-state index contributed by atoms with van der Waals surface area (Å²) in [6.07, 6.45) is 1.17. The van der Waals surface area contributed by atoms with Gasteiger partial charge >= 0.3 is 11.9 Å². The molecule has 0 amide bonds. The van der Waals surface area contributed by atoms with E-state index < -0.39 is 11.9 Å². The quantitative estimate of drug-likeness (QED) is 0.116. The van der Waals surface area contributed by atoms with Crippen LogP contribution in [0.2, 0.25) is 0 Å². The summed E-state index contributed by atoms with van der Waals surface area (Å²) in [5, 5.41) is 17.5. The number of carbonyl (C=O) groups is 2. The summed E-state index contributed by atoms with van der Waals surface area (Å²) < 4.78 is 39.2. The molecule has 2 N–H and O–H groups in total. The molecular formula is C46H42F2O6. The van der Waals surface area contributed by atoms with Crippen LogP contribution < -0.4 is 9.47 Å². The number of benzene rings is 6. The number of ether oxygens (including phenoxy) is 2. The Morgan fingerprint density at radius 2 is 0.852 bits per heavy atom. The van der Waals surface area contributed by atoms with Crippen LogP contribution in [0.3, 0.4) is 0 Å². The molecule has 0 unspecified atom stereocenters. The molecule has 0 fully saturated rings. The van der Waals surface area contributed by atoms with Crippen LogP contribution in [0.15, 0.2) is 133 Å². The predicted octanol–water partition coefficient (Wildman–Crippen LogP) is 10.8. The summed E-state index contributed by atoms with van der Waals surface area (Å²) in [6, 6.07) is 40.3. The predicted molar refractivity (Wildman–Crippen MR) is 207 cm³/mol. The van der Waals surface area contributed by atoms with Crippen molar-refractivity contribution in [2.75, 3.05) is 0 Å². The van der Waals surface area contributed by atoms with Gasteiger partial charge < -0.3 is 19.7 Å². The lowest BCUT2D eigenvalue weighted by Crippen LogP contribution is -2.00. The van der Waals surface area contributed by atoms with Crippen LogP contribution in [0.4, 0.5) is 8.78 Å². The minimum atomic E-state index is -0.815. The number of carboxylic acid groups (broad SMARTS) is 2. The van der Waals surface area contributed by atoms with Crippen LogP contribution in [-0.4, -0.2) is 22.2 Å². The molecule has 0 saturated carbocycles. The van der Waals surface area contributed by atoms with E-state index >= 15 is 0 Å². The van der Waals surface area contributed by atoms with Gasteiger partial charge in [0, 0.05) is 12.8 Å². The first-order valence-corrected chi connectivity index (χ1v) is 17.6. The molecule has 6 aromatic rings. The molecule has 0 aliphatic heterocycles. The van der Waals surface area contributed by atoms with Gasteiger partial charge in [-0.05, 0) is 120 Å². The van der Waals surface area contributed by atoms with Crippen molar-refractivity contribution in [3.8, 4) is 33.8 Å². The van der Waals surface area contributed by atoms with Crippen LogP contribution >= 0.6 is 0 Å². The zero-order valence-electron chi connectivity index (χ0n) is 30.2. The van der Waals surface area contributed by atoms with Crippen molar-refractivity contribution >= 4 is 11.9 Å². The SMILES string of the molecule is Cc1ccc(-c2ccc(F)cc2COc2ccc(CCC(=O)O)cc2)cc1.Cc1ccc(-c2ccc(F)cc2COc2ccc(CCC(=O)O)cc2)cc1. The maximum absolute atomic E-state index is 13.8. The highest BCUT2D eigenvalue weighted by molar-refractivity contribution is 5.69. The number of aryl methyl sites for hydroxylation is 4. The molecule has 0 atom stereocenters. The van der Waals surface area contributed by atoms with Gasteiger partial charge in [0.1, 0.15) is 36.3 Å². The van der Waals surface area contributed by atoms with Crippen molar-refractivity contribution in [3.05, 3.63) is 178 Å². The molecule has 6 aromatic carbocycles. The van der Waals surface area contributed by atoms with Gasteiger partial charge in [0.15, 0.2) is 0 Å². The minimum Gasteiger partial charge on any atom is -0.489 e. The van der Waals surface area contributed by atoms with Crippen molar-refractivity contribution < 1.29 is 38.1 Å². The summed E-state index contributed by atoms with van der Waals surface area (Å²) in [7, 11) is 0. The van der Waals surface area contributed by atoms with E-state index in [0.717, 1.165) is 44.5 Å². The van der Waals surface area contributed by atoms with Gasteiger partial charge in [-0.2, -0.15) is 0 Å². The molecule has 54 heavy (non-hydrogen) atoms. The minimum absolute atomic E-state index is 0.101. The van der Waals surface area contributed by atoms with Crippen LogP contribution in [-0.2, 0) is 35.6 Å². The molecule has 0 radical (unpaired) electrons. The number of hydrogen-bond acceptors (Lipinski definition) is 4. The second-order valence-electron chi connectivity index (χ2n) is 13.0. The molecule has 0 aliphatic carbocycles. The lowest BCUT2D eigenvalue weighted by Gasteiger charge is -2.12. The van der Waals surface area contributed by atoms with Gasteiger partial charge in [-0.15, -0.1) is 0 Å². The molecule has 0 heterocycles. The Morgan fingerprint density at radius 3 is 1.19 bits per heavy atom. The fourth-order valence-electron chi connectivity index (χ4n) is 5.72. The number of rotatable bonds is 14. The molecule has 0 spiro atoms. The first-order valence-electron chi connectivity index (χ1n) is 17.6. The van der Waals surface area contributed by atoms with E-state index in [0.29, 0.717) is 24.3 Å². The van der Waals surface area contributed by atoms with Crippen LogP contribution in [0.5, 0.6) is 11.5 Å². The van der Waals surface area contributed by atoms with Crippen molar-refractivity contribution in [2.45, 2.75) is 52.7 Å². The van der Waals surface area contributed by atoms with Crippen LogP contribution in [0.1, 0.15) is 46.2 Å². The molecule has 8 heteroatoms. The molecule has 0 aliphatic rings. The van der Waals surface area contributed by atoms with Gasteiger partial charge in [0.05, 0.1) is 0 Å².